The number of thiazole rings is 1. The van der Waals surface area contributed by atoms with Gasteiger partial charge in [-0.25, -0.2) is 9.37 Å². The van der Waals surface area contributed by atoms with Gasteiger partial charge in [-0.05, 0) is 43.9 Å². The zero-order chi connectivity index (χ0) is 19.5. The summed E-state index contributed by atoms with van der Waals surface area (Å²) in [5.74, 6) is -0.327. The molecule has 8 heteroatoms. The fourth-order valence-electron chi connectivity index (χ4n) is 4.76. The smallest absolute Gasteiger partial charge is 0.184 e. The molecule has 0 saturated carbocycles. The molecule has 0 spiro atoms. The van der Waals surface area contributed by atoms with E-state index in [0.29, 0.717) is 23.6 Å². The standard InChI is InChI=1S/C21H21FN6S/c1-28-10-12-4-11(5-16(22)20(12)27-28)17-8-19-18(9-23-17)26-21(29-19)25-15-6-13-2-3-14(7-15)24-13/h4-5,8-10,13-15,24H,2-3,6-7H2,1H3,(H,25,26)/t13-,14+,15-. The number of hydrogen-bond acceptors (Lipinski definition) is 6. The molecule has 2 bridgehead atoms. The van der Waals surface area contributed by atoms with Gasteiger partial charge in [0, 0.05) is 42.3 Å². The van der Waals surface area contributed by atoms with Crippen LogP contribution in [-0.4, -0.2) is 37.9 Å². The van der Waals surface area contributed by atoms with E-state index in [2.05, 4.69) is 20.7 Å². The highest BCUT2D eigenvalue weighted by molar-refractivity contribution is 7.22. The summed E-state index contributed by atoms with van der Waals surface area (Å²) in [4.78, 5) is 9.26. The summed E-state index contributed by atoms with van der Waals surface area (Å²) in [7, 11) is 1.79. The summed E-state index contributed by atoms with van der Waals surface area (Å²) < 4.78 is 17.1. The Balaban J connectivity index is 1.31. The summed E-state index contributed by atoms with van der Waals surface area (Å²) in [6, 6.07) is 7.21. The van der Waals surface area contributed by atoms with E-state index < -0.39 is 0 Å². The average Bonchev–Trinajstić information content (AvgIpc) is 3.36. The highest BCUT2D eigenvalue weighted by Crippen LogP contribution is 2.33. The van der Waals surface area contributed by atoms with Crippen LogP contribution in [0.3, 0.4) is 0 Å². The molecule has 2 aliphatic heterocycles. The first kappa shape index (κ1) is 17.3. The van der Waals surface area contributed by atoms with Crippen LogP contribution in [0, 0.1) is 5.82 Å². The number of halogens is 1. The van der Waals surface area contributed by atoms with Crippen LogP contribution in [0.15, 0.2) is 30.6 Å². The van der Waals surface area contributed by atoms with Gasteiger partial charge in [0.05, 0.1) is 16.6 Å². The van der Waals surface area contributed by atoms with Gasteiger partial charge in [-0.1, -0.05) is 11.3 Å². The summed E-state index contributed by atoms with van der Waals surface area (Å²) >= 11 is 1.64. The van der Waals surface area contributed by atoms with Crippen LogP contribution in [0.25, 0.3) is 32.4 Å². The molecule has 0 unspecified atom stereocenters. The summed E-state index contributed by atoms with van der Waals surface area (Å²) in [6.07, 6.45) is 8.48. The van der Waals surface area contributed by atoms with E-state index in [4.69, 9.17) is 4.98 Å². The number of piperidine rings is 1. The molecule has 6 rings (SSSR count). The number of nitrogens with one attached hydrogen (secondary N) is 2. The molecular weight excluding hydrogens is 387 g/mol. The number of nitrogens with zero attached hydrogens (tertiary/aromatic N) is 4. The zero-order valence-electron chi connectivity index (χ0n) is 16.0. The van der Waals surface area contributed by atoms with Crippen molar-refractivity contribution in [1.29, 1.82) is 0 Å². The largest absolute Gasteiger partial charge is 0.359 e. The summed E-state index contributed by atoms with van der Waals surface area (Å²) in [5, 5.41) is 13.2. The molecule has 0 amide bonds. The quantitative estimate of drug-likeness (QED) is 0.535. The van der Waals surface area contributed by atoms with E-state index in [1.54, 1.807) is 29.3 Å². The Morgan fingerprint density at radius 1 is 1.21 bits per heavy atom. The summed E-state index contributed by atoms with van der Waals surface area (Å²) in [6.45, 7) is 0. The van der Waals surface area contributed by atoms with Gasteiger partial charge in [-0.2, -0.15) is 5.10 Å². The molecule has 0 radical (unpaired) electrons. The van der Waals surface area contributed by atoms with Crippen molar-refractivity contribution in [3.8, 4) is 11.3 Å². The van der Waals surface area contributed by atoms with Crippen molar-refractivity contribution in [1.82, 2.24) is 25.1 Å². The predicted octanol–water partition coefficient (Wildman–Crippen LogP) is 4.08. The highest BCUT2D eigenvalue weighted by Gasteiger charge is 2.33. The van der Waals surface area contributed by atoms with Crippen LogP contribution >= 0.6 is 11.3 Å². The Kier molecular flexibility index (Phi) is 3.86. The summed E-state index contributed by atoms with van der Waals surface area (Å²) in [5.41, 5.74) is 2.76. The van der Waals surface area contributed by atoms with Crippen LogP contribution < -0.4 is 10.6 Å². The van der Waals surface area contributed by atoms with E-state index in [-0.39, 0.29) is 5.82 Å². The second-order valence-corrected chi connectivity index (χ2v) is 9.24. The molecule has 1 aromatic carbocycles. The Bertz CT molecular complexity index is 1220. The molecule has 2 saturated heterocycles. The monoisotopic (exact) mass is 408 g/mol. The topological polar surface area (TPSA) is 67.7 Å². The number of pyridine rings is 1. The third-order valence-electron chi connectivity index (χ3n) is 6.05. The van der Waals surface area contributed by atoms with Crippen LogP contribution in [0.2, 0.25) is 0 Å². The third-order valence-corrected chi connectivity index (χ3v) is 7.00. The first-order valence-electron chi connectivity index (χ1n) is 10.0. The minimum Gasteiger partial charge on any atom is -0.359 e. The van der Waals surface area contributed by atoms with Crippen LogP contribution in [0.1, 0.15) is 25.7 Å². The molecule has 5 heterocycles. The van der Waals surface area contributed by atoms with Gasteiger partial charge < -0.3 is 10.6 Å². The Labute approximate surface area is 171 Å². The number of anilines is 1. The fraction of sp³-hybridized carbons (Fsp3) is 0.381. The lowest BCUT2D eigenvalue weighted by atomic mass is 10.0. The van der Waals surface area contributed by atoms with Crippen molar-refractivity contribution in [3.05, 3.63) is 36.4 Å². The lowest BCUT2D eigenvalue weighted by Gasteiger charge is -2.29. The van der Waals surface area contributed by atoms with E-state index in [1.807, 2.05) is 18.3 Å². The van der Waals surface area contributed by atoms with Gasteiger partial charge in [0.2, 0.25) is 0 Å². The van der Waals surface area contributed by atoms with Crippen molar-refractivity contribution in [2.45, 2.75) is 43.8 Å². The molecular formula is C21H21FN6S. The van der Waals surface area contributed by atoms with Crippen molar-refractivity contribution < 1.29 is 4.39 Å². The minimum atomic E-state index is -0.327. The van der Waals surface area contributed by atoms with Crippen molar-refractivity contribution in [2.75, 3.05) is 5.32 Å². The number of rotatable bonds is 3. The van der Waals surface area contributed by atoms with Crippen molar-refractivity contribution in [3.63, 3.8) is 0 Å². The molecule has 3 atom stereocenters. The molecule has 3 aromatic heterocycles. The number of fused-ring (bicyclic) bond motifs is 4. The zero-order valence-corrected chi connectivity index (χ0v) is 16.8. The number of aryl methyl sites for hydroxylation is 1. The molecule has 0 aliphatic carbocycles. The number of aromatic nitrogens is 4. The van der Waals surface area contributed by atoms with Crippen molar-refractivity contribution in [2.24, 2.45) is 7.05 Å². The Hall–Kier alpha value is -2.58. The normalized spacial score (nSPS) is 23.9. The van der Waals surface area contributed by atoms with Crippen LogP contribution in [0.4, 0.5) is 9.52 Å². The van der Waals surface area contributed by atoms with E-state index in [1.165, 1.54) is 18.9 Å². The molecule has 2 aliphatic rings. The first-order valence-corrected chi connectivity index (χ1v) is 10.8. The van der Waals surface area contributed by atoms with E-state index in [9.17, 15) is 4.39 Å². The van der Waals surface area contributed by atoms with Crippen LogP contribution in [-0.2, 0) is 7.05 Å². The maximum atomic E-state index is 14.5. The van der Waals surface area contributed by atoms with Crippen LogP contribution in [0.5, 0.6) is 0 Å². The first-order chi connectivity index (χ1) is 14.1. The van der Waals surface area contributed by atoms with Gasteiger partial charge in [-0.3, -0.25) is 9.67 Å². The van der Waals surface area contributed by atoms with Gasteiger partial charge in [0.15, 0.2) is 10.9 Å². The van der Waals surface area contributed by atoms with Gasteiger partial charge in [-0.15, -0.1) is 0 Å². The molecule has 148 valence electrons. The van der Waals surface area contributed by atoms with Gasteiger partial charge in [0.1, 0.15) is 11.0 Å². The predicted molar refractivity (Wildman–Crippen MR) is 114 cm³/mol. The van der Waals surface area contributed by atoms with E-state index >= 15 is 0 Å². The molecule has 6 nitrogen and oxygen atoms in total. The molecule has 2 fully saturated rings. The SMILES string of the molecule is Cn1cc2cc(-c3cc4sc(N[C@@H]5C[C@H]6CC[C@@H](C5)N6)nc4cn3)cc(F)c2n1. The van der Waals surface area contributed by atoms with Crippen molar-refractivity contribution >= 4 is 37.6 Å². The maximum absolute atomic E-state index is 14.5. The van der Waals surface area contributed by atoms with Gasteiger partial charge >= 0.3 is 0 Å². The van der Waals surface area contributed by atoms with E-state index in [0.717, 1.165) is 44.8 Å². The maximum Gasteiger partial charge on any atom is 0.184 e. The number of hydrogen-bond donors (Lipinski definition) is 2. The molecule has 2 N–H and O–H groups in total. The second kappa shape index (κ2) is 6.47. The Morgan fingerprint density at radius 3 is 2.86 bits per heavy atom. The average molecular weight is 409 g/mol. The Morgan fingerprint density at radius 2 is 2.03 bits per heavy atom. The number of benzene rings is 1. The van der Waals surface area contributed by atoms with Gasteiger partial charge in [0.25, 0.3) is 0 Å². The minimum absolute atomic E-state index is 0.327. The third kappa shape index (κ3) is 3.07. The molecule has 29 heavy (non-hydrogen) atoms. The second-order valence-electron chi connectivity index (χ2n) is 8.21. The fourth-order valence-corrected chi connectivity index (χ4v) is 5.71. The lowest BCUT2D eigenvalue weighted by Crippen LogP contribution is -2.43. The lowest BCUT2D eigenvalue weighted by molar-refractivity contribution is 0.378. The highest BCUT2D eigenvalue weighted by atomic mass is 32.1. The molecule has 4 aromatic rings.